The van der Waals surface area contributed by atoms with Crippen LogP contribution < -0.4 is 5.32 Å². The van der Waals surface area contributed by atoms with Gasteiger partial charge in [-0.3, -0.25) is 0 Å². The first-order valence-corrected chi connectivity index (χ1v) is 7.66. The molecule has 1 unspecified atom stereocenters. The largest absolute Gasteiger partial charge is 0.308 e. The van der Waals surface area contributed by atoms with Gasteiger partial charge in [-0.1, -0.05) is 26.8 Å². The van der Waals surface area contributed by atoms with Gasteiger partial charge in [0.15, 0.2) is 0 Å². The van der Waals surface area contributed by atoms with Gasteiger partial charge in [-0.15, -0.1) is 11.3 Å². The maximum atomic E-state index is 3.86. The van der Waals surface area contributed by atoms with Crippen molar-refractivity contribution < 1.29 is 0 Å². The monoisotopic (exact) mass is 249 g/mol. The van der Waals surface area contributed by atoms with Crippen LogP contribution in [0.4, 0.5) is 0 Å². The summed E-state index contributed by atoms with van der Waals surface area (Å²) in [5.74, 6) is 0.938. The van der Waals surface area contributed by atoms with E-state index in [1.54, 1.807) is 0 Å². The van der Waals surface area contributed by atoms with Gasteiger partial charge in [0, 0.05) is 17.5 Å². The fourth-order valence-electron chi connectivity index (χ4n) is 4.43. The SMILES string of the molecule is CC1(C)C(NCc2cccs2)[C@]2(C)CC[C@H]1C2. The second-order valence-electron chi connectivity index (χ2n) is 6.81. The molecule has 1 heterocycles. The summed E-state index contributed by atoms with van der Waals surface area (Å²) in [5, 5.41) is 6.03. The molecule has 2 aliphatic carbocycles. The normalized spacial score (nSPS) is 38.8. The Bertz CT molecular complexity index is 390. The number of rotatable bonds is 3. The van der Waals surface area contributed by atoms with Gasteiger partial charge in [-0.2, -0.15) is 0 Å². The van der Waals surface area contributed by atoms with Gasteiger partial charge in [-0.25, -0.2) is 0 Å². The van der Waals surface area contributed by atoms with E-state index in [0.717, 1.165) is 12.5 Å². The van der Waals surface area contributed by atoms with E-state index in [4.69, 9.17) is 0 Å². The molecule has 0 amide bonds. The summed E-state index contributed by atoms with van der Waals surface area (Å²) in [4.78, 5) is 1.46. The summed E-state index contributed by atoms with van der Waals surface area (Å²) in [6, 6.07) is 5.08. The van der Waals surface area contributed by atoms with Crippen LogP contribution in [0.3, 0.4) is 0 Å². The van der Waals surface area contributed by atoms with E-state index in [2.05, 4.69) is 43.6 Å². The van der Waals surface area contributed by atoms with E-state index in [1.165, 1.54) is 24.1 Å². The quantitative estimate of drug-likeness (QED) is 0.852. The van der Waals surface area contributed by atoms with Crippen LogP contribution in [-0.2, 0) is 6.54 Å². The maximum absolute atomic E-state index is 3.86. The Balaban J connectivity index is 1.74. The minimum atomic E-state index is 0.476. The van der Waals surface area contributed by atoms with Crippen molar-refractivity contribution in [2.24, 2.45) is 16.7 Å². The van der Waals surface area contributed by atoms with Crippen LogP contribution in [0, 0.1) is 16.7 Å². The van der Waals surface area contributed by atoms with Crippen LogP contribution in [-0.4, -0.2) is 6.04 Å². The lowest BCUT2D eigenvalue weighted by Gasteiger charge is -2.43. The van der Waals surface area contributed by atoms with Crippen LogP contribution in [0.15, 0.2) is 17.5 Å². The van der Waals surface area contributed by atoms with Crippen molar-refractivity contribution in [3.8, 4) is 0 Å². The molecule has 1 N–H and O–H groups in total. The molecule has 1 aromatic rings. The van der Waals surface area contributed by atoms with E-state index in [0.29, 0.717) is 16.9 Å². The first-order valence-electron chi connectivity index (χ1n) is 6.78. The number of fused-ring (bicyclic) bond motifs is 2. The third-order valence-electron chi connectivity index (χ3n) is 5.33. The van der Waals surface area contributed by atoms with Crippen molar-refractivity contribution >= 4 is 11.3 Å². The molecule has 0 saturated heterocycles. The molecule has 2 bridgehead atoms. The summed E-state index contributed by atoms with van der Waals surface area (Å²) in [5.41, 5.74) is 1.02. The molecular weight excluding hydrogens is 226 g/mol. The predicted molar refractivity (Wildman–Crippen MR) is 74.2 cm³/mol. The summed E-state index contributed by atoms with van der Waals surface area (Å²) in [6.07, 6.45) is 4.30. The zero-order chi connectivity index (χ0) is 12.1. The van der Waals surface area contributed by atoms with Crippen molar-refractivity contribution in [2.45, 2.75) is 52.6 Å². The van der Waals surface area contributed by atoms with E-state index >= 15 is 0 Å². The van der Waals surface area contributed by atoms with Gasteiger partial charge in [0.2, 0.25) is 0 Å². The van der Waals surface area contributed by atoms with Gasteiger partial charge in [-0.05, 0) is 47.5 Å². The average Bonchev–Trinajstić information content (AvgIpc) is 2.90. The highest BCUT2D eigenvalue weighted by atomic mass is 32.1. The molecule has 3 atom stereocenters. The van der Waals surface area contributed by atoms with Crippen LogP contribution in [0.25, 0.3) is 0 Å². The molecule has 1 aromatic heterocycles. The number of thiophene rings is 1. The molecule has 0 spiro atoms. The second kappa shape index (κ2) is 3.83. The summed E-state index contributed by atoms with van der Waals surface area (Å²) < 4.78 is 0. The first-order chi connectivity index (χ1) is 8.02. The lowest BCUT2D eigenvalue weighted by molar-refractivity contribution is 0.108. The molecule has 2 fully saturated rings. The molecule has 3 rings (SSSR count). The van der Waals surface area contributed by atoms with Crippen LogP contribution >= 0.6 is 11.3 Å². The molecule has 2 aliphatic rings. The van der Waals surface area contributed by atoms with Crippen molar-refractivity contribution in [1.29, 1.82) is 0 Å². The lowest BCUT2D eigenvalue weighted by atomic mass is 9.68. The smallest absolute Gasteiger partial charge is 0.0302 e. The van der Waals surface area contributed by atoms with Gasteiger partial charge >= 0.3 is 0 Å². The minimum absolute atomic E-state index is 0.476. The maximum Gasteiger partial charge on any atom is 0.0302 e. The fourth-order valence-corrected chi connectivity index (χ4v) is 5.08. The zero-order valence-electron chi connectivity index (χ0n) is 11.1. The standard InChI is InChI=1S/C15H23NS/c1-14(2)11-6-7-15(3,9-11)13(14)16-10-12-5-4-8-17-12/h4-5,8,11,13,16H,6-7,9-10H2,1-3H3/t11-,13?,15+/m0/s1. The predicted octanol–water partition coefficient (Wildman–Crippen LogP) is 4.05. The summed E-state index contributed by atoms with van der Waals surface area (Å²) in [6.45, 7) is 8.48. The number of nitrogens with one attached hydrogen (secondary N) is 1. The van der Waals surface area contributed by atoms with E-state index in [-0.39, 0.29) is 0 Å². The van der Waals surface area contributed by atoms with Crippen molar-refractivity contribution in [2.75, 3.05) is 0 Å². The Morgan fingerprint density at radius 2 is 2.24 bits per heavy atom. The Labute approximate surface area is 109 Å². The number of hydrogen-bond acceptors (Lipinski definition) is 2. The van der Waals surface area contributed by atoms with E-state index in [9.17, 15) is 0 Å². The van der Waals surface area contributed by atoms with Crippen LogP contribution in [0.1, 0.15) is 44.9 Å². The fraction of sp³-hybridized carbons (Fsp3) is 0.733. The van der Waals surface area contributed by atoms with Gasteiger partial charge in [0.25, 0.3) is 0 Å². The molecule has 17 heavy (non-hydrogen) atoms. The Morgan fingerprint density at radius 1 is 1.41 bits per heavy atom. The molecule has 2 saturated carbocycles. The molecule has 0 radical (unpaired) electrons. The van der Waals surface area contributed by atoms with Crippen molar-refractivity contribution in [3.05, 3.63) is 22.4 Å². The Hall–Kier alpha value is -0.340. The molecule has 0 aromatic carbocycles. The van der Waals surface area contributed by atoms with Crippen LogP contribution in [0.2, 0.25) is 0 Å². The molecule has 2 heteroatoms. The summed E-state index contributed by atoms with van der Waals surface area (Å²) >= 11 is 1.86. The third kappa shape index (κ3) is 1.77. The van der Waals surface area contributed by atoms with Crippen LogP contribution in [0.5, 0.6) is 0 Å². The molecular formula is C15H23NS. The first kappa shape index (κ1) is 11.7. The molecule has 94 valence electrons. The van der Waals surface area contributed by atoms with Gasteiger partial charge in [0.1, 0.15) is 0 Å². The van der Waals surface area contributed by atoms with E-state index in [1.807, 2.05) is 11.3 Å². The second-order valence-corrected chi connectivity index (χ2v) is 7.84. The number of hydrogen-bond donors (Lipinski definition) is 1. The summed E-state index contributed by atoms with van der Waals surface area (Å²) in [7, 11) is 0. The highest BCUT2D eigenvalue weighted by Crippen LogP contribution is 2.62. The zero-order valence-corrected chi connectivity index (χ0v) is 11.9. The Kier molecular flexibility index (Phi) is 2.64. The van der Waals surface area contributed by atoms with Gasteiger partial charge in [0.05, 0.1) is 0 Å². The van der Waals surface area contributed by atoms with Gasteiger partial charge < -0.3 is 5.32 Å². The van der Waals surface area contributed by atoms with E-state index < -0.39 is 0 Å². The highest BCUT2D eigenvalue weighted by Gasteiger charge is 2.58. The third-order valence-corrected chi connectivity index (χ3v) is 6.21. The van der Waals surface area contributed by atoms with Crippen molar-refractivity contribution in [3.63, 3.8) is 0 Å². The van der Waals surface area contributed by atoms with Crippen molar-refractivity contribution in [1.82, 2.24) is 5.32 Å². The Morgan fingerprint density at radius 3 is 2.82 bits per heavy atom. The minimum Gasteiger partial charge on any atom is -0.308 e. The lowest BCUT2D eigenvalue weighted by Crippen LogP contribution is -2.49. The topological polar surface area (TPSA) is 12.0 Å². The molecule has 0 aliphatic heterocycles. The molecule has 1 nitrogen and oxygen atoms in total. The highest BCUT2D eigenvalue weighted by molar-refractivity contribution is 7.09. The average molecular weight is 249 g/mol.